The Kier molecular flexibility index (Phi) is 3.05. The molecule has 0 saturated carbocycles. The predicted molar refractivity (Wildman–Crippen MR) is 56.7 cm³/mol. The Balaban J connectivity index is 3.44. The lowest BCUT2D eigenvalue weighted by molar-refractivity contribution is 0.396. The summed E-state index contributed by atoms with van der Waals surface area (Å²) in [5.41, 5.74) is 0.478. The van der Waals surface area contributed by atoms with E-state index in [1.165, 1.54) is 6.07 Å². The summed E-state index contributed by atoms with van der Waals surface area (Å²) in [5.74, 6) is 0.223. The Labute approximate surface area is 88.8 Å². The molecule has 1 rings (SSSR count). The van der Waals surface area contributed by atoms with Crippen LogP contribution in [0.2, 0.25) is 5.02 Å². The standard InChI is InChI=1S/C11H14ClFO/c1-11(2,3)9-8(14-4)6-5-7(13)10(9)12/h5-6H,1-4H3. The molecule has 0 N–H and O–H groups in total. The van der Waals surface area contributed by atoms with Crippen molar-refractivity contribution in [3.8, 4) is 5.75 Å². The van der Waals surface area contributed by atoms with Gasteiger partial charge in [0.25, 0.3) is 0 Å². The highest BCUT2D eigenvalue weighted by atomic mass is 35.5. The van der Waals surface area contributed by atoms with Crippen LogP contribution in [0, 0.1) is 5.82 Å². The molecule has 0 spiro atoms. The Morgan fingerprint density at radius 3 is 2.29 bits per heavy atom. The molecule has 1 aromatic rings. The minimum atomic E-state index is -0.405. The van der Waals surface area contributed by atoms with Crippen LogP contribution in [0.4, 0.5) is 4.39 Å². The molecule has 0 aliphatic carbocycles. The Hall–Kier alpha value is -0.760. The van der Waals surface area contributed by atoms with Crippen LogP contribution in [0.25, 0.3) is 0 Å². The smallest absolute Gasteiger partial charge is 0.142 e. The summed E-state index contributed by atoms with van der Waals surface area (Å²) in [4.78, 5) is 0. The van der Waals surface area contributed by atoms with Crippen molar-refractivity contribution in [2.45, 2.75) is 26.2 Å². The zero-order valence-corrected chi connectivity index (χ0v) is 9.57. The highest BCUT2D eigenvalue weighted by molar-refractivity contribution is 6.31. The number of methoxy groups -OCH3 is 1. The Morgan fingerprint density at radius 1 is 1.29 bits per heavy atom. The molecule has 0 unspecified atom stereocenters. The fourth-order valence-electron chi connectivity index (χ4n) is 1.40. The second-order valence-electron chi connectivity index (χ2n) is 4.19. The van der Waals surface area contributed by atoms with E-state index in [9.17, 15) is 4.39 Å². The minimum absolute atomic E-state index is 0.150. The first-order valence-electron chi connectivity index (χ1n) is 4.40. The van der Waals surface area contributed by atoms with E-state index >= 15 is 0 Å². The third-order valence-corrected chi connectivity index (χ3v) is 2.40. The molecule has 0 aromatic heterocycles. The second-order valence-corrected chi connectivity index (χ2v) is 4.57. The molecule has 3 heteroatoms. The zero-order chi connectivity index (χ0) is 10.9. The average molecular weight is 217 g/mol. The summed E-state index contributed by atoms with van der Waals surface area (Å²) < 4.78 is 18.4. The first kappa shape index (κ1) is 11.3. The molecular weight excluding hydrogens is 203 g/mol. The molecule has 0 amide bonds. The third-order valence-electron chi connectivity index (χ3n) is 2.03. The van der Waals surface area contributed by atoms with E-state index < -0.39 is 5.82 Å². The molecule has 0 bridgehead atoms. The summed E-state index contributed by atoms with van der Waals surface area (Å²) in [6.07, 6.45) is 0. The highest BCUT2D eigenvalue weighted by Gasteiger charge is 2.24. The van der Waals surface area contributed by atoms with Gasteiger partial charge in [0.1, 0.15) is 11.6 Å². The van der Waals surface area contributed by atoms with E-state index in [2.05, 4.69) is 0 Å². The lowest BCUT2D eigenvalue weighted by Gasteiger charge is -2.23. The van der Waals surface area contributed by atoms with E-state index in [0.29, 0.717) is 11.3 Å². The maximum atomic E-state index is 13.2. The van der Waals surface area contributed by atoms with Crippen LogP contribution < -0.4 is 4.74 Å². The lowest BCUT2D eigenvalue weighted by Crippen LogP contribution is -2.14. The van der Waals surface area contributed by atoms with Gasteiger partial charge in [-0.2, -0.15) is 0 Å². The van der Waals surface area contributed by atoms with Crippen LogP contribution >= 0.6 is 11.6 Å². The Morgan fingerprint density at radius 2 is 1.86 bits per heavy atom. The molecule has 0 fully saturated rings. The molecule has 0 aliphatic heterocycles. The number of halogens is 2. The van der Waals surface area contributed by atoms with Crippen LogP contribution in [0.1, 0.15) is 26.3 Å². The first-order valence-corrected chi connectivity index (χ1v) is 4.78. The van der Waals surface area contributed by atoms with Gasteiger partial charge in [-0.15, -0.1) is 0 Å². The van der Waals surface area contributed by atoms with Crippen LogP contribution in [0.15, 0.2) is 12.1 Å². The second kappa shape index (κ2) is 3.77. The molecular formula is C11H14ClFO. The largest absolute Gasteiger partial charge is 0.496 e. The fourth-order valence-corrected chi connectivity index (χ4v) is 1.84. The predicted octanol–water partition coefficient (Wildman–Crippen LogP) is 3.79. The molecule has 0 saturated heterocycles. The van der Waals surface area contributed by atoms with E-state index in [1.54, 1.807) is 13.2 Å². The molecule has 0 atom stereocenters. The van der Waals surface area contributed by atoms with Gasteiger partial charge in [0.15, 0.2) is 0 Å². The number of hydrogen-bond donors (Lipinski definition) is 0. The molecule has 0 aliphatic rings. The van der Waals surface area contributed by atoms with Crippen molar-refractivity contribution in [3.63, 3.8) is 0 Å². The van der Waals surface area contributed by atoms with Gasteiger partial charge in [-0.1, -0.05) is 32.4 Å². The van der Waals surface area contributed by atoms with Gasteiger partial charge in [-0.25, -0.2) is 4.39 Å². The first-order chi connectivity index (χ1) is 6.38. The van der Waals surface area contributed by atoms with E-state index in [4.69, 9.17) is 16.3 Å². The summed E-state index contributed by atoms with van der Waals surface area (Å²) >= 11 is 5.91. The maximum Gasteiger partial charge on any atom is 0.142 e. The van der Waals surface area contributed by atoms with Crippen LogP contribution in [0.5, 0.6) is 5.75 Å². The Bertz CT molecular complexity index is 342. The lowest BCUT2D eigenvalue weighted by atomic mass is 9.86. The SMILES string of the molecule is COc1ccc(F)c(Cl)c1C(C)(C)C. The van der Waals surface area contributed by atoms with Gasteiger partial charge >= 0.3 is 0 Å². The van der Waals surface area contributed by atoms with E-state index in [1.807, 2.05) is 20.8 Å². The van der Waals surface area contributed by atoms with Crippen LogP contribution in [-0.4, -0.2) is 7.11 Å². The van der Waals surface area contributed by atoms with Gasteiger partial charge in [0, 0.05) is 5.56 Å². The monoisotopic (exact) mass is 216 g/mol. The van der Waals surface area contributed by atoms with Crippen LogP contribution in [-0.2, 0) is 5.41 Å². The van der Waals surface area contributed by atoms with Gasteiger partial charge in [-0.3, -0.25) is 0 Å². The summed E-state index contributed by atoms with van der Waals surface area (Å²) in [6.45, 7) is 5.91. The molecule has 0 heterocycles. The summed E-state index contributed by atoms with van der Waals surface area (Å²) in [5, 5.41) is 0.150. The van der Waals surface area contributed by atoms with E-state index in [-0.39, 0.29) is 10.4 Å². The molecule has 14 heavy (non-hydrogen) atoms. The van der Waals surface area contributed by atoms with Crippen molar-refractivity contribution >= 4 is 11.6 Å². The van der Waals surface area contributed by atoms with Gasteiger partial charge in [0.2, 0.25) is 0 Å². The van der Waals surface area contributed by atoms with Gasteiger partial charge in [-0.05, 0) is 17.5 Å². The quantitative estimate of drug-likeness (QED) is 0.694. The topological polar surface area (TPSA) is 9.23 Å². The van der Waals surface area contributed by atoms with Gasteiger partial charge < -0.3 is 4.74 Å². The molecule has 78 valence electrons. The van der Waals surface area contributed by atoms with Crippen molar-refractivity contribution in [2.24, 2.45) is 0 Å². The van der Waals surface area contributed by atoms with Crippen molar-refractivity contribution in [1.82, 2.24) is 0 Å². The molecule has 1 nitrogen and oxygen atoms in total. The molecule has 1 aromatic carbocycles. The number of benzene rings is 1. The highest BCUT2D eigenvalue weighted by Crippen LogP contribution is 2.38. The number of hydrogen-bond acceptors (Lipinski definition) is 1. The summed E-state index contributed by atoms with van der Waals surface area (Å²) in [6, 6.07) is 2.91. The summed E-state index contributed by atoms with van der Waals surface area (Å²) in [7, 11) is 1.55. The maximum absolute atomic E-state index is 13.2. The van der Waals surface area contributed by atoms with Crippen molar-refractivity contribution in [3.05, 3.63) is 28.5 Å². The zero-order valence-electron chi connectivity index (χ0n) is 8.82. The number of ether oxygens (including phenoxy) is 1. The average Bonchev–Trinajstić information content (AvgIpc) is 2.07. The van der Waals surface area contributed by atoms with Crippen LogP contribution in [0.3, 0.4) is 0 Å². The normalized spacial score (nSPS) is 11.6. The molecule has 0 radical (unpaired) electrons. The fraction of sp³-hybridized carbons (Fsp3) is 0.455. The van der Waals surface area contributed by atoms with Crippen molar-refractivity contribution < 1.29 is 9.13 Å². The third kappa shape index (κ3) is 2.01. The van der Waals surface area contributed by atoms with E-state index in [0.717, 1.165) is 0 Å². The van der Waals surface area contributed by atoms with Gasteiger partial charge in [0.05, 0.1) is 12.1 Å². The van der Waals surface area contributed by atoms with Crippen molar-refractivity contribution in [2.75, 3.05) is 7.11 Å². The van der Waals surface area contributed by atoms with Crippen molar-refractivity contribution in [1.29, 1.82) is 0 Å². The minimum Gasteiger partial charge on any atom is -0.496 e. The number of rotatable bonds is 1.